The summed E-state index contributed by atoms with van der Waals surface area (Å²) in [6.45, 7) is 10.2. The molecule has 0 spiro atoms. The summed E-state index contributed by atoms with van der Waals surface area (Å²) >= 11 is 0. The van der Waals surface area contributed by atoms with E-state index < -0.39 is 29.2 Å². The summed E-state index contributed by atoms with van der Waals surface area (Å²) in [6.07, 6.45) is -0.525. The molecule has 0 saturated heterocycles. The Kier molecular flexibility index (Phi) is 5.53. The Balaban J connectivity index is 5.37. The number of ether oxygens (including phenoxy) is 1. The van der Waals surface area contributed by atoms with Crippen molar-refractivity contribution in [2.45, 2.75) is 65.1 Å². The first-order valence-corrected chi connectivity index (χ1v) is 6.09. The summed E-state index contributed by atoms with van der Waals surface area (Å²) in [4.78, 5) is 35.1. The molecule has 110 valence electrons. The number of amides is 1. The van der Waals surface area contributed by atoms with Crippen molar-refractivity contribution >= 4 is 18.3 Å². The molecular weight excluding hydrogens is 250 g/mol. The average Bonchev–Trinajstić information content (AvgIpc) is 2.11. The van der Waals surface area contributed by atoms with Crippen molar-refractivity contribution in [3.63, 3.8) is 0 Å². The Morgan fingerprint density at radius 3 is 1.95 bits per heavy atom. The molecule has 19 heavy (non-hydrogen) atoms. The van der Waals surface area contributed by atoms with Crippen LogP contribution in [0.1, 0.15) is 48.0 Å². The zero-order valence-electron chi connectivity index (χ0n) is 12.4. The summed E-state index contributed by atoms with van der Waals surface area (Å²) in [7, 11) is 0. The molecule has 0 aliphatic carbocycles. The Morgan fingerprint density at radius 1 is 1.21 bits per heavy atom. The van der Waals surface area contributed by atoms with E-state index >= 15 is 0 Å². The molecule has 1 N–H and O–H groups in total. The average molecular weight is 273 g/mol. The van der Waals surface area contributed by atoms with Crippen LogP contribution in [0, 0.1) is 0 Å². The Morgan fingerprint density at radius 2 is 1.68 bits per heavy atom. The molecule has 0 heterocycles. The maximum Gasteiger partial charge on any atom is 0.411 e. The van der Waals surface area contributed by atoms with Crippen molar-refractivity contribution < 1.29 is 24.2 Å². The van der Waals surface area contributed by atoms with Crippen LogP contribution in [0.15, 0.2) is 0 Å². The Hall–Kier alpha value is -1.59. The molecule has 0 aromatic rings. The predicted octanol–water partition coefficient (Wildman–Crippen LogP) is 2.06. The fourth-order valence-corrected chi connectivity index (χ4v) is 1.59. The van der Waals surface area contributed by atoms with Crippen molar-refractivity contribution in [3.05, 3.63) is 0 Å². The van der Waals surface area contributed by atoms with Crippen molar-refractivity contribution in [2.24, 2.45) is 0 Å². The number of hydrogen-bond donors (Lipinski definition) is 1. The van der Waals surface area contributed by atoms with Crippen LogP contribution >= 0.6 is 0 Å². The lowest BCUT2D eigenvalue weighted by Gasteiger charge is -2.39. The maximum atomic E-state index is 12.2. The zero-order chi connectivity index (χ0) is 15.4. The lowest BCUT2D eigenvalue weighted by molar-refractivity contribution is -0.146. The van der Waals surface area contributed by atoms with Crippen LogP contribution in [0.2, 0.25) is 0 Å². The van der Waals surface area contributed by atoms with Gasteiger partial charge in [0, 0.05) is 12.0 Å². The number of nitrogens with zero attached hydrogens (tertiary/aromatic N) is 1. The van der Waals surface area contributed by atoms with E-state index in [1.807, 2.05) is 0 Å². The van der Waals surface area contributed by atoms with Crippen LogP contribution in [-0.2, 0) is 14.3 Å². The topological polar surface area (TPSA) is 83.9 Å². The van der Waals surface area contributed by atoms with Gasteiger partial charge in [0.2, 0.25) is 0 Å². The molecule has 0 rings (SSSR count). The van der Waals surface area contributed by atoms with Gasteiger partial charge in [-0.25, -0.2) is 9.59 Å². The van der Waals surface area contributed by atoms with E-state index in [0.29, 0.717) is 6.29 Å². The van der Waals surface area contributed by atoms with E-state index in [2.05, 4.69) is 0 Å². The van der Waals surface area contributed by atoms with Crippen molar-refractivity contribution in [1.29, 1.82) is 0 Å². The predicted molar refractivity (Wildman–Crippen MR) is 69.9 cm³/mol. The maximum absolute atomic E-state index is 12.2. The second-order valence-electron chi connectivity index (χ2n) is 6.28. The molecule has 0 aromatic heterocycles. The van der Waals surface area contributed by atoms with Gasteiger partial charge in [0.15, 0.2) is 0 Å². The number of aliphatic carboxylic acids is 1. The monoisotopic (exact) mass is 273 g/mol. The van der Waals surface area contributed by atoms with Crippen LogP contribution < -0.4 is 0 Å². The first-order valence-electron chi connectivity index (χ1n) is 6.09. The number of carboxylic acid groups (broad SMARTS) is 1. The van der Waals surface area contributed by atoms with Crippen molar-refractivity contribution in [2.75, 3.05) is 0 Å². The van der Waals surface area contributed by atoms with Crippen LogP contribution in [0.25, 0.3) is 0 Å². The molecule has 6 heteroatoms. The smallest absolute Gasteiger partial charge is 0.411 e. The first-order chi connectivity index (χ1) is 8.40. The second kappa shape index (κ2) is 6.04. The molecule has 0 aliphatic rings. The Bertz CT molecular complexity index is 351. The fourth-order valence-electron chi connectivity index (χ4n) is 1.59. The number of carbonyl (C=O) groups is 3. The van der Waals surface area contributed by atoms with Crippen LogP contribution in [-0.4, -0.2) is 45.5 Å². The highest BCUT2D eigenvalue weighted by Crippen LogP contribution is 2.22. The van der Waals surface area contributed by atoms with E-state index in [1.165, 1.54) is 0 Å². The van der Waals surface area contributed by atoms with Crippen LogP contribution in [0.3, 0.4) is 0 Å². The normalized spacial score (nSPS) is 13.6. The molecule has 0 aromatic carbocycles. The standard InChI is InChI=1S/C13H23NO5/c1-12(2,3)14(9(7-8-15)10(16)17)11(18)19-13(4,5)6/h8-9H,7H2,1-6H3,(H,16,17)/t9-/m0/s1. The highest BCUT2D eigenvalue weighted by molar-refractivity contribution is 5.83. The van der Waals surface area contributed by atoms with Crippen molar-refractivity contribution in [1.82, 2.24) is 4.90 Å². The second-order valence-corrected chi connectivity index (χ2v) is 6.28. The van der Waals surface area contributed by atoms with E-state index in [1.54, 1.807) is 41.5 Å². The Labute approximate surface area is 113 Å². The van der Waals surface area contributed by atoms with Crippen molar-refractivity contribution in [3.8, 4) is 0 Å². The van der Waals surface area contributed by atoms with Gasteiger partial charge >= 0.3 is 12.1 Å². The first kappa shape index (κ1) is 17.4. The van der Waals surface area contributed by atoms with E-state index in [4.69, 9.17) is 4.74 Å². The lowest BCUT2D eigenvalue weighted by Crippen LogP contribution is -2.56. The summed E-state index contributed by atoms with van der Waals surface area (Å²) in [5.74, 6) is -1.23. The lowest BCUT2D eigenvalue weighted by atomic mass is 10.0. The summed E-state index contributed by atoms with van der Waals surface area (Å²) < 4.78 is 5.21. The minimum absolute atomic E-state index is 0.272. The fraction of sp³-hybridized carbons (Fsp3) is 0.769. The largest absolute Gasteiger partial charge is 0.480 e. The molecule has 0 aliphatic heterocycles. The highest BCUT2D eigenvalue weighted by atomic mass is 16.6. The number of carboxylic acids is 1. The number of hydrogen-bond acceptors (Lipinski definition) is 4. The third-order valence-electron chi connectivity index (χ3n) is 2.23. The summed E-state index contributed by atoms with van der Waals surface area (Å²) in [5.41, 5.74) is -1.50. The molecule has 0 unspecified atom stereocenters. The minimum Gasteiger partial charge on any atom is -0.480 e. The van der Waals surface area contributed by atoms with Gasteiger partial charge in [-0.15, -0.1) is 0 Å². The van der Waals surface area contributed by atoms with Gasteiger partial charge in [0.25, 0.3) is 0 Å². The molecule has 1 atom stereocenters. The molecule has 0 radical (unpaired) electrons. The quantitative estimate of drug-likeness (QED) is 0.793. The third kappa shape index (κ3) is 5.72. The number of rotatable bonds is 4. The van der Waals surface area contributed by atoms with E-state index in [9.17, 15) is 19.5 Å². The molecule has 1 amide bonds. The van der Waals surface area contributed by atoms with Crippen LogP contribution in [0.4, 0.5) is 4.79 Å². The van der Waals surface area contributed by atoms with Gasteiger partial charge in [0.05, 0.1) is 0 Å². The minimum atomic E-state index is -1.23. The van der Waals surface area contributed by atoms with Gasteiger partial charge in [-0.05, 0) is 41.5 Å². The molecular formula is C13H23NO5. The number of carbonyl (C=O) groups excluding carboxylic acids is 2. The molecule has 0 saturated carbocycles. The third-order valence-corrected chi connectivity index (χ3v) is 2.23. The van der Waals surface area contributed by atoms with Gasteiger partial charge in [-0.1, -0.05) is 0 Å². The van der Waals surface area contributed by atoms with E-state index in [-0.39, 0.29) is 6.42 Å². The van der Waals surface area contributed by atoms with Gasteiger partial charge in [-0.2, -0.15) is 0 Å². The number of aldehydes is 1. The molecule has 6 nitrogen and oxygen atoms in total. The van der Waals surface area contributed by atoms with Gasteiger partial charge in [-0.3, -0.25) is 4.90 Å². The van der Waals surface area contributed by atoms with Gasteiger partial charge in [0.1, 0.15) is 17.9 Å². The highest BCUT2D eigenvalue weighted by Gasteiger charge is 2.39. The zero-order valence-corrected chi connectivity index (χ0v) is 12.4. The summed E-state index contributed by atoms with van der Waals surface area (Å²) in [5, 5.41) is 9.18. The van der Waals surface area contributed by atoms with Gasteiger partial charge < -0.3 is 14.6 Å². The van der Waals surface area contributed by atoms with Crippen LogP contribution in [0.5, 0.6) is 0 Å². The molecule has 0 fully saturated rings. The van der Waals surface area contributed by atoms with E-state index in [0.717, 1.165) is 4.90 Å². The molecule has 0 bridgehead atoms. The summed E-state index contributed by atoms with van der Waals surface area (Å²) in [6, 6.07) is -1.23. The SMILES string of the molecule is CC(C)(C)OC(=O)N([C@@H](CC=O)C(=O)O)C(C)(C)C.